The van der Waals surface area contributed by atoms with Crippen molar-refractivity contribution >= 4 is 5.69 Å². The van der Waals surface area contributed by atoms with E-state index in [1.807, 2.05) is 0 Å². The molecule has 0 bridgehead atoms. The summed E-state index contributed by atoms with van der Waals surface area (Å²) in [5.74, 6) is 2.14. The second-order valence-corrected chi connectivity index (χ2v) is 9.34. The summed E-state index contributed by atoms with van der Waals surface area (Å²) >= 11 is 0. The topological polar surface area (TPSA) is 38.3 Å². The third-order valence-corrected chi connectivity index (χ3v) is 6.36. The van der Waals surface area contributed by atoms with Crippen molar-refractivity contribution in [1.29, 1.82) is 0 Å². The largest absolute Gasteiger partial charge is 0.496 e. The minimum atomic E-state index is -0.0406. The lowest BCUT2D eigenvalue weighted by atomic mass is 9.75. The molecule has 0 spiro atoms. The highest BCUT2D eigenvalue weighted by atomic mass is 16.5. The van der Waals surface area contributed by atoms with Gasteiger partial charge in [-0.1, -0.05) is 30.3 Å². The van der Waals surface area contributed by atoms with Crippen LogP contribution in [-0.4, -0.2) is 40.0 Å². The van der Waals surface area contributed by atoms with Gasteiger partial charge in [0.2, 0.25) is 0 Å². The van der Waals surface area contributed by atoms with E-state index in [4.69, 9.17) is 9.47 Å². The monoisotopic (exact) mass is 411 g/mol. The van der Waals surface area contributed by atoms with E-state index < -0.39 is 0 Å². The highest BCUT2D eigenvalue weighted by molar-refractivity contribution is 5.45. The molecule has 1 heterocycles. The molecule has 2 aromatic rings. The van der Waals surface area contributed by atoms with Gasteiger partial charge in [0.15, 0.2) is 0 Å². The van der Waals surface area contributed by atoms with Crippen LogP contribution in [0.2, 0.25) is 0 Å². The van der Waals surface area contributed by atoms with Crippen LogP contribution in [0.1, 0.15) is 50.2 Å². The van der Waals surface area contributed by atoms with Gasteiger partial charge in [-0.25, -0.2) is 0 Å². The Balaban J connectivity index is 1.65. The summed E-state index contributed by atoms with van der Waals surface area (Å²) in [6.45, 7) is 7.43. The van der Waals surface area contributed by atoms with Crippen molar-refractivity contribution in [1.82, 2.24) is 0 Å². The normalized spacial score (nSPS) is 19.3. The molecule has 0 aliphatic carbocycles. The van der Waals surface area contributed by atoms with Crippen LogP contribution in [0, 0.1) is 5.92 Å². The van der Waals surface area contributed by atoms with E-state index in [-0.39, 0.29) is 5.60 Å². The number of benzene rings is 2. The summed E-state index contributed by atoms with van der Waals surface area (Å²) in [7, 11) is 5.95. The van der Waals surface area contributed by atoms with Crippen LogP contribution in [0.25, 0.3) is 0 Å². The van der Waals surface area contributed by atoms with E-state index in [9.17, 15) is 0 Å². The van der Waals surface area contributed by atoms with Crippen LogP contribution < -0.4 is 15.0 Å². The average molecular weight is 412 g/mol. The van der Waals surface area contributed by atoms with Crippen molar-refractivity contribution in [3.8, 4) is 5.75 Å². The molecule has 164 valence electrons. The Morgan fingerprint density at radius 2 is 1.87 bits per heavy atom. The van der Waals surface area contributed by atoms with E-state index in [0.29, 0.717) is 11.8 Å². The highest BCUT2D eigenvalue weighted by Crippen LogP contribution is 2.42. The van der Waals surface area contributed by atoms with Crippen molar-refractivity contribution in [3.63, 3.8) is 0 Å². The lowest BCUT2D eigenvalue weighted by molar-refractivity contribution is -0.671. The van der Waals surface area contributed by atoms with Gasteiger partial charge in [-0.2, -0.15) is 0 Å². The number of nitrogens with zero attached hydrogens (tertiary/aromatic N) is 1. The van der Waals surface area contributed by atoms with Crippen LogP contribution in [0.3, 0.4) is 0 Å². The molecule has 4 heteroatoms. The number of methoxy groups -OCH3 is 1. The molecule has 1 aliphatic rings. The number of hydrogen-bond donors (Lipinski definition) is 1. The van der Waals surface area contributed by atoms with E-state index in [1.165, 1.54) is 16.8 Å². The fourth-order valence-electron chi connectivity index (χ4n) is 4.74. The van der Waals surface area contributed by atoms with E-state index >= 15 is 0 Å². The fraction of sp³-hybridized carbons (Fsp3) is 0.538. The number of ether oxygens (including phenoxy) is 2. The van der Waals surface area contributed by atoms with Crippen molar-refractivity contribution in [2.45, 2.75) is 51.2 Å². The number of quaternary nitrogens is 1. The van der Waals surface area contributed by atoms with Gasteiger partial charge < -0.3 is 19.7 Å². The summed E-state index contributed by atoms with van der Waals surface area (Å²) in [5.41, 5.74) is 3.94. The lowest BCUT2D eigenvalue weighted by Gasteiger charge is -2.39. The van der Waals surface area contributed by atoms with Gasteiger partial charge in [0, 0.05) is 38.4 Å². The maximum atomic E-state index is 6.01. The first kappa shape index (κ1) is 22.6. The Morgan fingerprint density at radius 1 is 1.13 bits per heavy atom. The Bertz CT molecular complexity index is 786. The van der Waals surface area contributed by atoms with Gasteiger partial charge >= 0.3 is 0 Å². The molecular formula is C26H39N2O2+. The van der Waals surface area contributed by atoms with Gasteiger partial charge in [-0.15, -0.1) is 0 Å². The zero-order valence-corrected chi connectivity index (χ0v) is 19.4. The van der Waals surface area contributed by atoms with Crippen LogP contribution in [-0.2, 0) is 11.3 Å². The molecule has 1 fully saturated rings. The minimum Gasteiger partial charge on any atom is -0.496 e. The Labute approximate surface area is 182 Å². The van der Waals surface area contributed by atoms with Crippen LogP contribution >= 0.6 is 0 Å². The quantitative estimate of drug-likeness (QED) is 0.629. The fourth-order valence-corrected chi connectivity index (χ4v) is 4.74. The number of para-hydroxylation sites is 1. The maximum absolute atomic E-state index is 6.01. The van der Waals surface area contributed by atoms with Gasteiger partial charge in [-0.05, 0) is 62.3 Å². The van der Waals surface area contributed by atoms with E-state index in [0.717, 1.165) is 44.7 Å². The average Bonchev–Trinajstić information content (AvgIpc) is 2.73. The molecule has 0 amide bonds. The number of hydrogen-bond acceptors (Lipinski definition) is 3. The molecule has 1 aliphatic heterocycles. The molecule has 0 radical (unpaired) electrons. The maximum Gasteiger partial charge on any atom is 0.122 e. The van der Waals surface area contributed by atoms with Gasteiger partial charge in [0.05, 0.1) is 19.3 Å². The van der Waals surface area contributed by atoms with Crippen LogP contribution in [0.4, 0.5) is 5.69 Å². The van der Waals surface area contributed by atoms with E-state index in [2.05, 4.69) is 86.7 Å². The SMILES string of the molecule is COc1ccccc1[C@@H](CC[NH2+]Cc1ccc(N(C)C)cc1)[C@H]1CCOC(C)(C)C1. The highest BCUT2D eigenvalue weighted by Gasteiger charge is 2.35. The molecule has 1 saturated heterocycles. The standard InChI is InChI=1S/C26H38N2O2/c1-26(2)18-21(15-17-30-26)23(24-8-6-7-9-25(24)29-5)14-16-27-19-20-10-12-22(13-11-20)28(3)4/h6-13,21,23,27H,14-19H2,1-5H3/p+1/t21-,23-/m0/s1. The summed E-state index contributed by atoms with van der Waals surface area (Å²) < 4.78 is 11.7. The van der Waals surface area contributed by atoms with Crippen LogP contribution in [0.5, 0.6) is 5.75 Å². The molecular weight excluding hydrogens is 372 g/mol. The Kier molecular flexibility index (Phi) is 7.79. The first-order chi connectivity index (χ1) is 14.4. The van der Waals surface area contributed by atoms with Crippen molar-refractivity contribution in [2.24, 2.45) is 5.92 Å². The first-order valence-electron chi connectivity index (χ1n) is 11.2. The molecule has 0 unspecified atom stereocenters. The zero-order valence-electron chi connectivity index (χ0n) is 19.4. The van der Waals surface area contributed by atoms with Gasteiger partial charge in [0.1, 0.15) is 12.3 Å². The predicted molar refractivity (Wildman–Crippen MR) is 124 cm³/mol. The number of anilines is 1. The summed E-state index contributed by atoms with van der Waals surface area (Å²) in [4.78, 5) is 2.14. The van der Waals surface area contributed by atoms with Crippen molar-refractivity contribution in [3.05, 3.63) is 59.7 Å². The predicted octanol–water partition coefficient (Wildman–Crippen LogP) is 4.20. The summed E-state index contributed by atoms with van der Waals surface area (Å²) in [5, 5.41) is 2.44. The third-order valence-electron chi connectivity index (χ3n) is 6.36. The summed E-state index contributed by atoms with van der Waals surface area (Å²) in [6, 6.07) is 17.4. The molecule has 3 rings (SSSR count). The van der Waals surface area contributed by atoms with Gasteiger partial charge in [-0.3, -0.25) is 0 Å². The molecule has 0 saturated carbocycles. The van der Waals surface area contributed by atoms with Crippen molar-refractivity contribution < 1.29 is 14.8 Å². The van der Waals surface area contributed by atoms with Crippen LogP contribution in [0.15, 0.2) is 48.5 Å². The smallest absolute Gasteiger partial charge is 0.122 e. The third kappa shape index (κ3) is 5.99. The molecule has 4 nitrogen and oxygen atoms in total. The molecule has 0 aromatic heterocycles. The molecule has 30 heavy (non-hydrogen) atoms. The Hall–Kier alpha value is -2.04. The number of rotatable bonds is 9. The van der Waals surface area contributed by atoms with Gasteiger partial charge in [0.25, 0.3) is 0 Å². The van der Waals surface area contributed by atoms with Crippen molar-refractivity contribution in [2.75, 3.05) is 39.3 Å². The molecule has 2 aromatic carbocycles. The Morgan fingerprint density at radius 3 is 2.53 bits per heavy atom. The zero-order chi connectivity index (χ0) is 21.6. The second-order valence-electron chi connectivity index (χ2n) is 9.34. The molecule has 2 atom stereocenters. The second kappa shape index (κ2) is 10.3. The molecule has 2 N–H and O–H groups in total. The lowest BCUT2D eigenvalue weighted by Crippen LogP contribution is -2.82. The summed E-state index contributed by atoms with van der Waals surface area (Å²) in [6.07, 6.45) is 3.37. The minimum absolute atomic E-state index is 0.0406. The van der Waals surface area contributed by atoms with E-state index in [1.54, 1.807) is 7.11 Å². The first-order valence-corrected chi connectivity index (χ1v) is 11.2. The number of nitrogens with two attached hydrogens (primary N) is 1.